The molecule has 7 nitrogen and oxygen atoms in total. The molecule has 7 heteroatoms. The third-order valence-electron chi connectivity index (χ3n) is 5.62. The first-order valence-corrected chi connectivity index (χ1v) is 8.40. The van der Waals surface area contributed by atoms with Crippen LogP contribution < -0.4 is 0 Å². The zero-order valence-electron chi connectivity index (χ0n) is 14.0. The summed E-state index contributed by atoms with van der Waals surface area (Å²) in [5, 5.41) is 13.7. The summed E-state index contributed by atoms with van der Waals surface area (Å²) in [6.07, 6.45) is 3.04. The summed E-state index contributed by atoms with van der Waals surface area (Å²) < 4.78 is 5.20. The number of carbonyl (C=O) groups is 1. The van der Waals surface area contributed by atoms with Crippen LogP contribution >= 0.6 is 0 Å². The Bertz CT molecular complexity index is 551. The lowest BCUT2D eigenvalue weighted by molar-refractivity contribution is -0.133. The number of aryl methyl sites for hydroxylation is 1. The van der Waals surface area contributed by atoms with Gasteiger partial charge in [-0.2, -0.15) is 4.98 Å². The van der Waals surface area contributed by atoms with Crippen LogP contribution in [0.25, 0.3) is 0 Å². The van der Waals surface area contributed by atoms with E-state index in [1.807, 2.05) is 11.8 Å². The van der Waals surface area contributed by atoms with Crippen molar-refractivity contribution >= 4 is 5.91 Å². The Morgan fingerprint density at radius 3 is 2.61 bits per heavy atom. The van der Waals surface area contributed by atoms with Gasteiger partial charge in [-0.1, -0.05) is 5.16 Å². The summed E-state index contributed by atoms with van der Waals surface area (Å²) in [6, 6.07) is 0. The van der Waals surface area contributed by atoms with Crippen molar-refractivity contribution in [2.24, 2.45) is 11.3 Å². The fraction of sp³-hybridized carbons (Fsp3) is 0.812. The van der Waals surface area contributed by atoms with Crippen molar-refractivity contribution in [3.8, 4) is 0 Å². The summed E-state index contributed by atoms with van der Waals surface area (Å²) in [7, 11) is 0. The Hall–Kier alpha value is -1.47. The molecule has 2 aliphatic rings. The van der Waals surface area contributed by atoms with Crippen molar-refractivity contribution in [3.05, 3.63) is 11.7 Å². The van der Waals surface area contributed by atoms with E-state index in [-0.39, 0.29) is 23.8 Å². The van der Waals surface area contributed by atoms with Gasteiger partial charge in [0.05, 0.1) is 6.54 Å². The maximum atomic E-state index is 11.5. The smallest absolute Gasteiger partial charge is 0.240 e. The van der Waals surface area contributed by atoms with Gasteiger partial charge < -0.3 is 14.5 Å². The van der Waals surface area contributed by atoms with Crippen LogP contribution in [0.4, 0.5) is 0 Å². The van der Waals surface area contributed by atoms with Gasteiger partial charge in [0, 0.05) is 39.1 Å². The molecule has 3 heterocycles. The van der Waals surface area contributed by atoms with E-state index in [4.69, 9.17) is 4.52 Å². The monoisotopic (exact) mass is 322 g/mol. The Kier molecular flexibility index (Phi) is 4.68. The summed E-state index contributed by atoms with van der Waals surface area (Å²) in [5.74, 6) is 1.70. The number of rotatable bonds is 3. The molecule has 0 bridgehead atoms. The van der Waals surface area contributed by atoms with E-state index in [1.54, 1.807) is 6.92 Å². The van der Waals surface area contributed by atoms with Gasteiger partial charge >= 0.3 is 0 Å². The van der Waals surface area contributed by atoms with Crippen LogP contribution in [0.2, 0.25) is 0 Å². The molecular formula is C16H26N4O3. The van der Waals surface area contributed by atoms with E-state index in [9.17, 15) is 9.90 Å². The highest BCUT2D eigenvalue weighted by Gasteiger charge is 2.44. The van der Waals surface area contributed by atoms with E-state index in [0.29, 0.717) is 18.3 Å². The number of carbonyl (C=O) groups excluding carboxylic acids is 1. The number of amides is 1. The zero-order valence-corrected chi connectivity index (χ0v) is 14.0. The molecule has 1 amide bonds. The lowest BCUT2D eigenvalue weighted by atomic mass is 9.64. The van der Waals surface area contributed by atoms with E-state index < -0.39 is 0 Å². The van der Waals surface area contributed by atoms with E-state index in [2.05, 4.69) is 15.0 Å². The summed E-state index contributed by atoms with van der Waals surface area (Å²) in [6.45, 7) is 7.74. The molecule has 0 unspecified atom stereocenters. The number of likely N-dealkylation sites (tertiary alicyclic amines) is 2. The predicted octanol–water partition coefficient (Wildman–Crippen LogP) is 0.821. The molecule has 3 rings (SSSR count). The lowest BCUT2D eigenvalue weighted by Gasteiger charge is -2.51. The van der Waals surface area contributed by atoms with Gasteiger partial charge in [0.1, 0.15) is 0 Å². The van der Waals surface area contributed by atoms with Gasteiger partial charge in [-0.25, -0.2) is 0 Å². The number of hydrogen-bond donors (Lipinski definition) is 1. The fourth-order valence-corrected chi connectivity index (χ4v) is 4.10. The molecule has 0 aromatic carbocycles. The van der Waals surface area contributed by atoms with Crippen LogP contribution in [0.1, 0.15) is 37.9 Å². The van der Waals surface area contributed by atoms with Crippen molar-refractivity contribution in [1.82, 2.24) is 19.9 Å². The Labute approximate surface area is 136 Å². The third-order valence-corrected chi connectivity index (χ3v) is 5.62. The Morgan fingerprint density at radius 1 is 1.35 bits per heavy atom. The van der Waals surface area contributed by atoms with E-state index in [0.717, 1.165) is 45.4 Å². The second-order valence-electron chi connectivity index (χ2n) is 6.97. The van der Waals surface area contributed by atoms with Gasteiger partial charge in [-0.05, 0) is 38.1 Å². The van der Waals surface area contributed by atoms with Gasteiger partial charge in [-0.3, -0.25) is 9.69 Å². The number of nitrogens with zero attached hydrogens (tertiary/aromatic N) is 4. The molecule has 0 aliphatic carbocycles. The zero-order chi connectivity index (χ0) is 16.4. The van der Waals surface area contributed by atoms with Crippen molar-refractivity contribution in [2.75, 3.05) is 32.8 Å². The molecule has 1 aromatic rings. The van der Waals surface area contributed by atoms with Crippen LogP contribution in [0.5, 0.6) is 0 Å². The van der Waals surface area contributed by atoms with Crippen molar-refractivity contribution in [2.45, 2.75) is 39.7 Å². The molecule has 1 spiro atoms. The van der Waals surface area contributed by atoms with Crippen LogP contribution in [0, 0.1) is 18.3 Å². The quantitative estimate of drug-likeness (QED) is 0.887. The summed E-state index contributed by atoms with van der Waals surface area (Å²) in [4.78, 5) is 20.0. The standard InChI is InChI=1S/C16H26N4O3/c1-12-17-15(23-18-12)10-19-6-3-16(14(9-19)11-21)4-7-20(8-5-16)13(2)22/h14,21H,3-11H2,1-2H3/t14-/m1/s1. The topological polar surface area (TPSA) is 82.7 Å². The van der Waals surface area contributed by atoms with Gasteiger partial charge in [0.15, 0.2) is 5.82 Å². The normalized spacial score (nSPS) is 25.0. The molecule has 2 saturated heterocycles. The maximum absolute atomic E-state index is 11.5. The molecule has 1 aromatic heterocycles. The van der Waals surface area contributed by atoms with Gasteiger partial charge in [-0.15, -0.1) is 0 Å². The molecule has 2 aliphatic heterocycles. The minimum atomic E-state index is 0.157. The van der Waals surface area contributed by atoms with Gasteiger partial charge in [0.2, 0.25) is 11.8 Å². The number of hydrogen-bond acceptors (Lipinski definition) is 6. The first-order chi connectivity index (χ1) is 11.0. The molecule has 23 heavy (non-hydrogen) atoms. The minimum Gasteiger partial charge on any atom is -0.396 e. The first kappa shape index (κ1) is 16.4. The fourth-order valence-electron chi connectivity index (χ4n) is 4.10. The van der Waals surface area contributed by atoms with Crippen LogP contribution in [0.15, 0.2) is 4.52 Å². The highest BCUT2D eigenvalue weighted by atomic mass is 16.5. The minimum absolute atomic E-state index is 0.157. The van der Waals surface area contributed by atoms with Crippen LogP contribution in [-0.2, 0) is 11.3 Å². The number of aromatic nitrogens is 2. The molecule has 128 valence electrons. The molecule has 0 radical (unpaired) electrons. The Morgan fingerprint density at radius 2 is 2.04 bits per heavy atom. The number of piperidine rings is 2. The highest BCUT2D eigenvalue weighted by molar-refractivity contribution is 5.73. The summed E-state index contributed by atoms with van der Waals surface area (Å²) >= 11 is 0. The Balaban J connectivity index is 1.62. The molecule has 1 N–H and O–H groups in total. The first-order valence-electron chi connectivity index (χ1n) is 8.40. The average Bonchev–Trinajstić information content (AvgIpc) is 2.95. The molecule has 0 saturated carbocycles. The predicted molar refractivity (Wildman–Crippen MR) is 83.4 cm³/mol. The second kappa shape index (κ2) is 6.57. The largest absolute Gasteiger partial charge is 0.396 e. The second-order valence-corrected chi connectivity index (χ2v) is 6.97. The molecule has 1 atom stereocenters. The molecule has 2 fully saturated rings. The van der Waals surface area contributed by atoms with E-state index >= 15 is 0 Å². The lowest BCUT2D eigenvalue weighted by Crippen LogP contribution is -2.53. The van der Waals surface area contributed by atoms with Crippen LogP contribution in [0.3, 0.4) is 0 Å². The summed E-state index contributed by atoms with van der Waals surface area (Å²) in [5.41, 5.74) is 0.169. The van der Waals surface area contributed by atoms with Crippen LogP contribution in [-0.4, -0.2) is 63.7 Å². The van der Waals surface area contributed by atoms with Crippen molar-refractivity contribution in [1.29, 1.82) is 0 Å². The van der Waals surface area contributed by atoms with Crippen molar-refractivity contribution < 1.29 is 14.4 Å². The highest BCUT2D eigenvalue weighted by Crippen LogP contribution is 2.45. The molecular weight excluding hydrogens is 296 g/mol. The number of aliphatic hydroxyl groups is 1. The maximum Gasteiger partial charge on any atom is 0.240 e. The third kappa shape index (κ3) is 3.40. The number of aliphatic hydroxyl groups excluding tert-OH is 1. The average molecular weight is 322 g/mol. The van der Waals surface area contributed by atoms with Gasteiger partial charge in [0.25, 0.3) is 0 Å². The van der Waals surface area contributed by atoms with E-state index in [1.165, 1.54) is 0 Å². The van der Waals surface area contributed by atoms with Crippen molar-refractivity contribution in [3.63, 3.8) is 0 Å². The SMILES string of the molecule is CC(=O)N1CCC2(CCN(Cc3nc(C)no3)C[C@@H]2CO)CC1.